The Bertz CT molecular complexity index is 587. The maximum absolute atomic E-state index is 11.1. The van der Waals surface area contributed by atoms with E-state index in [9.17, 15) is 8.42 Å². The van der Waals surface area contributed by atoms with Crippen molar-refractivity contribution in [3.8, 4) is 0 Å². The Kier molecular flexibility index (Phi) is 4.54. The van der Waals surface area contributed by atoms with Crippen molar-refractivity contribution in [1.82, 2.24) is 9.62 Å². The molecule has 0 bridgehead atoms. The molecule has 0 aromatic heterocycles. The largest absolute Gasteiger partial charge is 0.372 e. The van der Waals surface area contributed by atoms with Gasteiger partial charge in [0.15, 0.2) is 0 Å². The fourth-order valence-electron chi connectivity index (χ4n) is 3.32. The third-order valence-electron chi connectivity index (χ3n) is 4.54. The minimum atomic E-state index is -3.10. The summed E-state index contributed by atoms with van der Waals surface area (Å²) in [7, 11) is -3.10. The average molecular weight is 324 g/mol. The molecule has 6 heteroatoms. The van der Waals surface area contributed by atoms with Crippen LogP contribution in [0.15, 0.2) is 30.3 Å². The van der Waals surface area contributed by atoms with Gasteiger partial charge in [-0.2, -0.15) is 0 Å². The van der Waals surface area contributed by atoms with Crippen molar-refractivity contribution in [1.29, 1.82) is 0 Å². The van der Waals surface area contributed by atoms with Gasteiger partial charge in [0.2, 0.25) is 10.0 Å². The van der Waals surface area contributed by atoms with E-state index in [1.165, 1.54) is 11.8 Å². The lowest BCUT2D eigenvalue weighted by atomic mass is 9.83. The molecule has 1 atom stereocenters. The zero-order valence-corrected chi connectivity index (χ0v) is 13.8. The molecule has 22 heavy (non-hydrogen) atoms. The van der Waals surface area contributed by atoms with Crippen LogP contribution in [-0.2, 0) is 21.3 Å². The molecular formula is C16H24N2O3S. The predicted molar refractivity (Wildman–Crippen MR) is 86.0 cm³/mol. The van der Waals surface area contributed by atoms with Gasteiger partial charge in [0.25, 0.3) is 0 Å². The summed E-state index contributed by atoms with van der Waals surface area (Å²) in [6.45, 7) is 4.08. The molecule has 122 valence electrons. The fraction of sp³-hybridized carbons (Fsp3) is 0.625. The molecule has 1 unspecified atom stereocenters. The summed E-state index contributed by atoms with van der Waals surface area (Å²) >= 11 is 0. The number of hydrogen-bond acceptors (Lipinski definition) is 4. The van der Waals surface area contributed by atoms with E-state index in [1.807, 2.05) is 6.07 Å². The van der Waals surface area contributed by atoms with Gasteiger partial charge in [0.1, 0.15) is 0 Å². The highest BCUT2D eigenvalue weighted by molar-refractivity contribution is 7.88. The zero-order chi connectivity index (χ0) is 15.6. The lowest BCUT2D eigenvalue weighted by Crippen LogP contribution is -2.64. The van der Waals surface area contributed by atoms with E-state index in [4.69, 9.17) is 4.74 Å². The predicted octanol–water partition coefficient (Wildman–Crippen LogP) is 1.22. The van der Waals surface area contributed by atoms with Crippen LogP contribution in [0.4, 0.5) is 0 Å². The molecule has 2 aliphatic heterocycles. The normalized spacial score (nSPS) is 25.0. The van der Waals surface area contributed by atoms with Gasteiger partial charge in [-0.05, 0) is 24.3 Å². The number of nitrogens with zero attached hydrogens (tertiary/aromatic N) is 1. The second kappa shape index (κ2) is 6.28. The van der Waals surface area contributed by atoms with Gasteiger partial charge < -0.3 is 4.74 Å². The standard InChI is InChI=1S/C16H24N2O3S/c1-22(19,20)17-9-15-7-8-16(21-11-15)12-18(13-16)10-14-5-3-2-4-6-14/h2-6,15,17H,7-13H2,1H3. The number of likely N-dealkylation sites (tertiary alicyclic amines) is 1. The van der Waals surface area contributed by atoms with Crippen LogP contribution < -0.4 is 4.72 Å². The van der Waals surface area contributed by atoms with Gasteiger partial charge in [0.05, 0.1) is 18.5 Å². The molecule has 2 heterocycles. The van der Waals surface area contributed by atoms with Crippen molar-refractivity contribution in [3.63, 3.8) is 0 Å². The molecule has 2 aliphatic rings. The summed E-state index contributed by atoms with van der Waals surface area (Å²) in [5.74, 6) is 0.295. The van der Waals surface area contributed by atoms with Gasteiger partial charge in [-0.15, -0.1) is 0 Å². The minimum absolute atomic E-state index is 0.0103. The van der Waals surface area contributed by atoms with Crippen LogP contribution in [0.5, 0.6) is 0 Å². The second-order valence-electron chi connectivity index (χ2n) is 6.65. The molecule has 0 radical (unpaired) electrons. The van der Waals surface area contributed by atoms with Crippen molar-refractivity contribution < 1.29 is 13.2 Å². The molecule has 3 rings (SSSR count). The smallest absolute Gasteiger partial charge is 0.208 e. The number of hydrogen-bond donors (Lipinski definition) is 1. The quantitative estimate of drug-likeness (QED) is 0.885. The first-order valence-corrected chi connectivity index (χ1v) is 9.68. The fourth-order valence-corrected chi connectivity index (χ4v) is 3.86. The summed E-state index contributed by atoms with van der Waals surface area (Å²) in [6, 6.07) is 10.5. The second-order valence-corrected chi connectivity index (χ2v) is 8.48. The molecule has 2 fully saturated rings. The Morgan fingerprint density at radius 3 is 2.64 bits per heavy atom. The Morgan fingerprint density at radius 1 is 1.32 bits per heavy atom. The van der Waals surface area contributed by atoms with Crippen molar-refractivity contribution in [2.75, 3.05) is 32.5 Å². The lowest BCUT2D eigenvalue weighted by molar-refractivity contribution is -0.181. The van der Waals surface area contributed by atoms with Crippen LogP contribution in [-0.4, -0.2) is 51.4 Å². The van der Waals surface area contributed by atoms with Crippen LogP contribution in [0.1, 0.15) is 18.4 Å². The van der Waals surface area contributed by atoms with E-state index in [0.717, 1.165) is 32.5 Å². The van der Waals surface area contributed by atoms with Crippen molar-refractivity contribution >= 4 is 10.0 Å². The van der Waals surface area contributed by atoms with Gasteiger partial charge in [0, 0.05) is 26.2 Å². The first-order valence-electron chi connectivity index (χ1n) is 7.79. The number of benzene rings is 1. The molecule has 1 aromatic rings. The Balaban J connectivity index is 1.41. The zero-order valence-electron chi connectivity index (χ0n) is 13.0. The van der Waals surface area contributed by atoms with Crippen LogP contribution in [0.2, 0.25) is 0 Å². The first kappa shape index (κ1) is 15.9. The van der Waals surface area contributed by atoms with Gasteiger partial charge >= 0.3 is 0 Å². The molecule has 0 saturated carbocycles. The monoisotopic (exact) mass is 324 g/mol. The number of nitrogens with one attached hydrogen (secondary N) is 1. The lowest BCUT2D eigenvalue weighted by Gasteiger charge is -2.53. The Hall–Kier alpha value is -0.950. The van der Waals surface area contributed by atoms with E-state index >= 15 is 0 Å². The summed E-state index contributed by atoms with van der Waals surface area (Å²) < 4.78 is 30.9. The molecule has 5 nitrogen and oxygen atoms in total. The maximum Gasteiger partial charge on any atom is 0.208 e. The van der Waals surface area contributed by atoms with Crippen molar-refractivity contribution in [2.24, 2.45) is 5.92 Å². The summed E-state index contributed by atoms with van der Waals surface area (Å²) in [5.41, 5.74) is 1.35. The van der Waals surface area contributed by atoms with E-state index in [0.29, 0.717) is 19.1 Å². The van der Waals surface area contributed by atoms with E-state index in [1.54, 1.807) is 0 Å². The van der Waals surface area contributed by atoms with E-state index in [2.05, 4.69) is 33.9 Å². The Morgan fingerprint density at radius 2 is 2.05 bits per heavy atom. The number of ether oxygens (including phenoxy) is 1. The Labute approximate surface area is 132 Å². The molecular weight excluding hydrogens is 300 g/mol. The summed E-state index contributed by atoms with van der Waals surface area (Å²) in [4.78, 5) is 2.41. The van der Waals surface area contributed by atoms with Crippen LogP contribution >= 0.6 is 0 Å². The molecule has 0 aliphatic carbocycles. The van der Waals surface area contributed by atoms with Crippen LogP contribution in [0, 0.1) is 5.92 Å². The third kappa shape index (κ3) is 4.07. The molecule has 2 saturated heterocycles. The van der Waals surface area contributed by atoms with Gasteiger partial charge in [-0.1, -0.05) is 30.3 Å². The molecule has 1 aromatic carbocycles. The molecule has 1 N–H and O–H groups in total. The highest BCUT2D eigenvalue weighted by Crippen LogP contribution is 2.36. The topological polar surface area (TPSA) is 58.6 Å². The molecule has 0 amide bonds. The van der Waals surface area contributed by atoms with Crippen molar-refractivity contribution in [3.05, 3.63) is 35.9 Å². The highest BCUT2D eigenvalue weighted by atomic mass is 32.2. The SMILES string of the molecule is CS(=O)(=O)NCC1CCC2(CN(Cc3ccccc3)C2)OC1. The number of rotatable bonds is 5. The van der Waals surface area contributed by atoms with Crippen LogP contribution in [0.25, 0.3) is 0 Å². The minimum Gasteiger partial charge on any atom is -0.372 e. The maximum atomic E-state index is 11.1. The van der Waals surface area contributed by atoms with Crippen molar-refractivity contribution in [2.45, 2.75) is 25.0 Å². The number of sulfonamides is 1. The molecule has 1 spiro atoms. The third-order valence-corrected chi connectivity index (χ3v) is 5.23. The van der Waals surface area contributed by atoms with Gasteiger partial charge in [-0.3, -0.25) is 4.90 Å². The van der Waals surface area contributed by atoms with Crippen LogP contribution in [0.3, 0.4) is 0 Å². The van der Waals surface area contributed by atoms with E-state index in [-0.39, 0.29) is 5.60 Å². The summed E-state index contributed by atoms with van der Waals surface area (Å²) in [5, 5.41) is 0. The van der Waals surface area contributed by atoms with E-state index < -0.39 is 10.0 Å². The summed E-state index contributed by atoms with van der Waals surface area (Å²) in [6.07, 6.45) is 3.25. The highest BCUT2D eigenvalue weighted by Gasteiger charge is 2.46. The average Bonchev–Trinajstić information content (AvgIpc) is 2.45. The first-order chi connectivity index (χ1) is 10.4. The van der Waals surface area contributed by atoms with Gasteiger partial charge in [-0.25, -0.2) is 13.1 Å².